The molecular weight excluding hydrogens is 414 g/mol. The Morgan fingerprint density at radius 2 is 1.83 bits per heavy atom. The first-order valence-corrected chi connectivity index (χ1v) is 9.85. The smallest absolute Gasteiger partial charge is 0.230 e. The van der Waals surface area contributed by atoms with Crippen molar-refractivity contribution in [3.8, 4) is 17.2 Å². The zero-order valence-electron chi connectivity index (χ0n) is 16.1. The number of ether oxygens (including phenoxy) is 3. The van der Waals surface area contributed by atoms with E-state index in [0.29, 0.717) is 38.8 Å². The Bertz CT molecular complexity index is 1010. The van der Waals surface area contributed by atoms with E-state index in [2.05, 4.69) is 15.6 Å². The number of hydrogen-bond acceptors (Lipinski definition) is 7. The molecule has 2 aromatic carbocycles. The molecular formula is C20H20ClN3O4S. The molecule has 0 atom stereocenters. The summed E-state index contributed by atoms with van der Waals surface area (Å²) in [5, 5.41) is 8.91. The maximum absolute atomic E-state index is 12.3. The summed E-state index contributed by atoms with van der Waals surface area (Å²) in [7, 11) is 4.73. The molecule has 29 heavy (non-hydrogen) atoms. The number of thiazole rings is 1. The highest BCUT2D eigenvalue weighted by atomic mass is 35.5. The van der Waals surface area contributed by atoms with Gasteiger partial charge >= 0.3 is 0 Å². The lowest BCUT2D eigenvalue weighted by atomic mass is 10.2. The van der Waals surface area contributed by atoms with E-state index in [1.807, 2.05) is 23.6 Å². The number of methoxy groups -OCH3 is 3. The molecule has 9 heteroatoms. The van der Waals surface area contributed by atoms with E-state index in [0.717, 1.165) is 5.69 Å². The molecule has 0 saturated heterocycles. The molecule has 0 unspecified atom stereocenters. The minimum absolute atomic E-state index is 0.136. The summed E-state index contributed by atoms with van der Waals surface area (Å²) in [5.74, 6) is 1.72. The van der Waals surface area contributed by atoms with E-state index < -0.39 is 0 Å². The number of nitrogens with zero attached hydrogens (tertiary/aromatic N) is 1. The molecule has 2 N–H and O–H groups in total. The van der Waals surface area contributed by atoms with E-state index in [1.54, 1.807) is 32.4 Å². The fraction of sp³-hybridized carbons (Fsp3) is 0.200. The van der Waals surface area contributed by atoms with E-state index in [1.165, 1.54) is 18.4 Å². The minimum Gasteiger partial charge on any atom is -0.497 e. The zero-order chi connectivity index (χ0) is 20.8. The Balaban J connectivity index is 1.64. The van der Waals surface area contributed by atoms with Crippen LogP contribution >= 0.6 is 22.9 Å². The first kappa shape index (κ1) is 20.8. The Labute approximate surface area is 177 Å². The van der Waals surface area contributed by atoms with Crippen LogP contribution in [0.2, 0.25) is 5.02 Å². The third kappa shape index (κ3) is 5.30. The van der Waals surface area contributed by atoms with Crippen molar-refractivity contribution in [2.75, 3.05) is 32.0 Å². The minimum atomic E-state index is -0.193. The summed E-state index contributed by atoms with van der Waals surface area (Å²) in [6, 6.07) is 10.5. The van der Waals surface area contributed by atoms with Gasteiger partial charge in [0.25, 0.3) is 0 Å². The number of nitrogens with one attached hydrogen (secondary N) is 2. The highest BCUT2D eigenvalue weighted by Gasteiger charge is 2.12. The van der Waals surface area contributed by atoms with Gasteiger partial charge in [-0.1, -0.05) is 11.6 Å². The molecule has 1 aromatic heterocycles. The molecule has 0 aliphatic rings. The van der Waals surface area contributed by atoms with Gasteiger partial charge in [-0.3, -0.25) is 4.79 Å². The second-order valence-electron chi connectivity index (χ2n) is 5.91. The lowest BCUT2D eigenvalue weighted by molar-refractivity contribution is -0.115. The molecule has 0 bridgehead atoms. The third-order valence-corrected chi connectivity index (χ3v) is 5.08. The maximum atomic E-state index is 12.3. The highest BCUT2D eigenvalue weighted by molar-refractivity contribution is 7.13. The van der Waals surface area contributed by atoms with Crippen LogP contribution in [0.4, 0.5) is 16.5 Å². The average Bonchev–Trinajstić information content (AvgIpc) is 3.14. The second kappa shape index (κ2) is 9.49. The maximum Gasteiger partial charge on any atom is 0.230 e. The monoisotopic (exact) mass is 433 g/mol. The number of carbonyl (C=O) groups excluding carboxylic acids is 1. The fourth-order valence-electron chi connectivity index (χ4n) is 2.59. The summed E-state index contributed by atoms with van der Waals surface area (Å²) in [4.78, 5) is 16.8. The van der Waals surface area contributed by atoms with Crippen molar-refractivity contribution < 1.29 is 19.0 Å². The van der Waals surface area contributed by atoms with Gasteiger partial charge < -0.3 is 24.8 Å². The standard InChI is InChI=1S/C20H20ClN3O4S/c1-26-14-5-7-18(28-3)16(10-14)24-20-23-13(11-29-20)9-19(25)22-12-4-6-17(27-2)15(21)8-12/h4-8,10-11H,9H2,1-3H3,(H,22,25)(H,23,24). The van der Waals surface area contributed by atoms with Gasteiger partial charge in [-0.05, 0) is 30.3 Å². The number of hydrogen-bond donors (Lipinski definition) is 2. The van der Waals surface area contributed by atoms with Gasteiger partial charge in [-0.2, -0.15) is 0 Å². The zero-order valence-corrected chi connectivity index (χ0v) is 17.7. The van der Waals surface area contributed by atoms with E-state index >= 15 is 0 Å². The Morgan fingerprint density at radius 3 is 2.52 bits per heavy atom. The molecule has 152 valence electrons. The van der Waals surface area contributed by atoms with Crippen LogP contribution in [0, 0.1) is 0 Å². The molecule has 0 spiro atoms. The summed E-state index contributed by atoms with van der Waals surface area (Å²) in [6.45, 7) is 0. The van der Waals surface area contributed by atoms with E-state index in [9.17, 15) is 4.79 Å². The number of aromatic nitrogens is 1. The topological polar surface area (TPSA) is 81.7 Å². The van der Waals surface area contributed by atoms with Gasteiger partial charge in [0.15, 0.2) is 5.13 Å². The van der Waals surface area contributed by atoms with Crippen molar-refractivity contribution >= 4 is 45.4 Å². The number of amides is 1. The van der Waals surface area contributed by atoms with Crippen LogP contribution in [0.1, 0.15) is 5.69 Å². The largest absolute Gasteiger partial charge is 0.497 e. The van der Waals surface area contributed by atoms with Gasteiger partial charge in [0.1, 0.15) is 17.2 Å². The predicted octanol–water partition coefficient (Wildman–Crippen LogP) is 4.75. The van der Waals surface area contributed by atoms with Crippen molar-refractivity contribution in [1.82, 2.24) is 4.98 Å². The second-order valence-corrected chi connectivity index (χ2v) is 7.17. The Morgan fingerprint density at radius 1 is 1.07 bits per heavy atom. The predicted molar refractivity (Wildman–Crippen MR) is 115 cm³/mol. The summed E-state index contributed by atoms with van der Waals surface area (Å²) in [5.41, 5.74) is 1.97. The van der Waals surface area contributed by atoms with Crippen molar-refractivity contribution in [3.05, 3.63) is 52.5 Å². The van der Waals surface area contributed by atoms with Gasteiger partial charge in [-0.25, -0.2) is 4.98 Å². The van der Waals surface area contributed by atoms with Gasteiger partial charge in [0.2, 0.25) is 5.91 Å². The number of anilines is 3. The third-order valence-electron chi connectivity index (χ3n) is 3.98. The highest BCUT2D eigenvalue weighted by Crippen LogP contribution is 2.32. The van der Waals surface area contributed by atoms with Gasteiger partial charge in [0.05, 0.1) is 44.2 Å². The normalized spacial score (nSPS) is 10.3. The molecule has 0 radical (unpaired) electrons. The van der Waals surface area contributed by atoms with Crippen LogP contribution in [-0.4, -0.2) is 32.2 Å². The van der Waals surface area contributed by atoms with Crippen molar-refractivity contribution in [2.45, 2.75) is 6.42 Å². The number of rotatable bonds is 8. The van der Waals surface area contributed by atoms with Gasteiger partial charge in [0, 0.05) is 17.1 Å². The van der Waals surface area contributed by atoms with Gasteiger partial charge in [-0.15, -0.1) is 11.3 Å². The van der Waals surface area contributed by atoms with Crippen LogP contribution in [-0.2, 0) is 11.2 Å². The molecule has 3 rings (SSSR count). The molecule has 1 amide bonds. The molecule has 0 aliphatic carbocycles. The summed E-state index contributed by atoms with van der Waals surface area (Å²) >= 11 is 7.48. The lowest BCUT2D eigenvalue weighted by Gasteiger charge is -2.10. The van der Waals surface area contributed by atoms with Crippen molar-refractivity contribution in [1.29, 1.82) is 0 Å². The van der Waals surface area contributed by atoms with E-state index in [4.69, 9.17) is 25.8 Å². The van der Waals surface area contributed by atoms with Crippen LogP contribution in [0.5, 0.6) is 17.2 Å². The fourth-order valence-corrected chi connectivity index (χ4v) is 3.57. The first-order valence-electron chi connectivity index (χ1n) is 8.59. The molecule has 0 saturated carbocycles. The van der Waals surface area contributed by atoms with Crippen LogP contribution < -0.4 is 24.8 Å². The summed E-state index contributed by atoms with van der Waals surface area (Å²) < 4.78 is 15.7. The molecule has 3 aromatic rings. The van der Waals surface area contributed by atoms with Crippen molar-refractivity contribution in [2.24, 2.45) is 0 Å². The number of carbonyl (C=O) groups is 1. The molecule has 7 nitrogen and oxygen atoms in total. The number of benzene rings is 2. The van der Waals surface area contributed by atoms with Crippen LogP contribution in [0.25, 0.3) is 0 Å². The van der Waals surface area contributed by atoms with Crippen LogP contribution in [0.3, 0.4) is 0 Å². The quantitative estimate of drug-likeness (QED) is 0.533. The molecule has 1 heterocycles. The summed E-state index contributed by atoms with van der Waals surface area (Å²) in [6.07, 6.45) is 0.136. The molecule has 0 aliphatic heterocycles. The van der Waals surface area contributed by atoms with Crippen molar-refractivity contribution in [3.63, 3.8) is 0 Å². The molecule has 0 fully saturated rings. The SMILES string of the molecule is COc1ccc(OC)c(Nc2nc(CC(=O)Nc3ccc(OC)c(Cl)c3)cs2)c1. The Hall–Kier alpha value is -2.97. The Kier molecular flexibility index (Phi) is 6.79. The van der Waals surface area contributed by atoms with Crippen LogP contribution in [0.15, 0.2) is 41.8 Å². The number of halogens is 1. The first-order chi connectivity index (χ1) is 14.0. The lowest BCUT2D eigenvalue weighted by Crippen LogP contribution is -2.14. The van der Waals surface area contributed by atoms with E-state index in [-0.39, 0.29) is 12.3 Å². The average molecular weight is 434 g/mol.